The fourth-order valence-electron chi connectivity index (χ4n) is 3.30. The lowest BCUT2D eigenvalue weighted by molar-refractivity contribution is 0.0539. The van der Waals surface area contributed by atoms with E-state index in [1.165, 1.54) is 0 Å². The van der Waals surface area contributed by atoms with Crippen LogP contribution in [0.4, 0.5) is 0 Å². The van der Waals surface area contributed by atoms with Gasteiger partial charge in [-0.25, -0.2) is 0 Å². The summed E-state index contributed by atoms with van der Waals surface area (Å²) in [5.74, 6) is 0.854. The molecule has 1 aromatic heterocycles. The number of hydrogen-bond acceptors (Lipinski definition) is 5. The molecule has 0 bridgehead atoms. The number of piperazine rings is 1. The van der Waals surface area contributed by atoms with Crippen molar-refractivity contribution < 1.29 is 9.32 Å². The predicted octanol–water partition coefficient (Wildman–Crippen LogP) is 2.88. The highest BCUT2D eigenvalue weighted by molar-refractivity contribution is 5.91. The molecule has 2 rings (SSSR count). The summed E-state index contributed by atoms with van der Waals surface area (Å²) in [6.07, 6.45) is 1.97. The molecule has 0 saturated carbocycles. The second kappa shape index (κ2) is 8.29. The molecule has 0 radical (unpaired) electrons. The Morgan fingerprint density at radius 1 is 1.29 bits per heavy atom. The highest BCUT2D eigenvalue weighted by Gasteiger charge is 2.29. The standard InChI is InChI=1S/C18H28N4O2/c1-5-14(6-2)15-11-17(24-20-15)18(23)22-9-7-21(8-10-22)16(12-19)13(3)4/h11,13-14,16H,5-10H2,1-4H3/t16-/m1/s1. The van der Waals surface area contributed by atoms with Crippen LogP contribution in [-0.2, 0) is 0 Å². The molecular weight excluding hydrogens is 304 g/mol. The monoisotopic (exact) mass is 332 g/mol. The maximum absolute atomic E-state index is 12.6. The lowest BCUT2D eigenvalue weighted by atomic mass is 9.99. The van der Waals surface area contributed by atoms with Crippen LogP contribution in [0.1, 0.15) is 62.7 Å². The van der Waals surface area contributed by atoms with Gasteiger partial charge in [-0.1, -0.05) is 32.9 Å². The summed E-state index contributed by atoms with van der Waals surface area (Å²) in [5.41, 5.74) is 0.867. The minimum absolute atomic E-state index is 0.0889. The van der Waals surface area contributed by atoms with Crippen LogP contribution in [0.3, 0.4) is 0 Å². The van der Waals surface area contributed by atoms with Gasteiger partial charge in [-0.3, -0.25) is 9.69 Å². The molecule has 6 nitrogen and oxygen atoms in total. The first-order chi connectivity index (χ1) is 11.5. The molecule has 0 N–H and O–H groups in total. The average molecular weight is 332 g/mol. The Balaban J connectivity index is 1.97. The highest BCUT2D eigenvalue weighted by atomic mass is 16.5. The number of carbonyl (C=O) groups is 1. The molecule has 24 heavy (non-hydrogen) atoms. The third-order valence-electron chi connectivity index (χ3n) is 4.90. The SMILES string of the molecule is CCC(CC)c1cc(C(=O)N2CCN([C@H](C#N)C(C)C)CC2)on1. The van der Waals surface area contributed by atoms with Crippen LogP contribution >= 0.6 is 0 Å². The zero-order valence-electron chi connectivity index (χ0n) is 15.2. The Bertz CT molecular complexity index is 578. The molecule has 1 amide bonds. The maximum Gasteiger partial charge on any atom is 0.292 e. The van der Waals surface area contributed by atoms with Crippen molar-refractivity contribution in [3.63, 3.8) is 0 Å². The number of aromatic nitrogens is 1. The summed E-state index contributed by atoms with van der Waals surface area (Å²) < 4.78 is 5.29. The van der Waals surface area contributed by atoms with Gasteiger partial charge in [0.1, 0.15) is 6.04 Å². The van der Waals surface area contributed by atoms with Crippen LogP contribution in [0.25, 0.3) is 0 Å². The lowest BCUT2D eigenvalue weighted by Crippen LogP contribution is -2.52. The third kappa shape index (κ3) is 3.96. The van der Waals surface area contributed by atoms with Crippen molar-refractivity contribution >= 4 is 5.91 Å². The second-order valence-electron chi connectivity index (χ2n) is 6.78. The van der Waals surface area contributed by atoms with Crippen LogP contribution in [0.15, 0.2) is 10.6 Å². The Hall–Kier alpha value is -1.87. The van der Waals surface area contributed by atoms with Crippen molar-refractivity contribution in [3.8, 4) is 6.07 Å². The van der Waals surface area contributed by atoms with E-state index in [2.05, 4.69) is 43.8 Å². The topological polar surface area (TPSA) is 73.4 Å². The van der Waals surface area contributed by atoms with Gasteiger partial charge in [0.05, 0.1) is 11.8 Å². The lowest BCUT2D eigenvalue weighted by Gasteiger charge is -2.37. The smallest absolute Gasteiger partial charge is 0.292 e. The zero-order valence-corrected chi connectivity index (χ0v) is 15.2. The summed E-state index contributed by atoms with van der Waals surface area (Å²) in [5, 5.41) is 13.4. The molecular formula is C18H28N4O2. The number of nitrogens with zero attached hydrogens (tertiary/aromatic N) is 4. The van der Waals surface area contributed by atoms with Gasteiger partial charge in [-0.05, 0) is 18.8 Å². The minimum atomic E-state index is -0.0996. The minimum Gasteiger partial charge on any atom is -0.351 e. The van der Waals surface area contributed by atoms with Crippen LogP contribution in [0, 0.1) is 17.2 Å². The van der Waals surface area contributed by atoms with Gasteiger partial charge in [-0.15, -0.1) is 0 Å². The molecule has 0 spiro atoms. The van der Waals surface area contributed by atoms with Crippen molar-refractivity contribution in [3.05, 3.63) is 17.5 Å². The highest BCUT2D eigenvalue weighted by Crippen LogP contribution is 2.23. The van der Waals surface area contributed by atoms with Crippen molar-refractivity contribution in [2.45, 2.75) is 52.5 Å². The molecule has 0 aromatic carbocycles. The summed E-state index contributed by atoms with van der Waals surface area (Å²) in [7, 11) is 0. The van der Waals surface area contributed by atoms with E-state index in [9.17, 15) is 10.1 Å². The van der Waals surface area contributed by atoms with Crippen molar-refractivity contribution in [1.29, 1.82) is 5.26 Å². The molecule has 6 heteroatoms. The average Bonchev–Trinajstić information content (AvgIpc) is 3.06. The van der Waals surface area contributed by atoms with E-state index in [-0.39, 0.29) is 17.9 Å². The first-order valence-corrected chi connectivity index (χ1v) is 8.91. The zero-order chi connectivity index (χ0) is 17.7. The number of rotatable bonds is 6. The first-order valence-electron chi connectivity index (χ1n) is 8.91. The Kier molecular flexibility index (Phi) is 6.38. The normalized spacial score (nSPS) is 17.3. The Morgan fingerprint density at radius 3 is 2.42 bits per heavy atom. The Morgan fingerprint density at radius 2 is 1.92 bits per heavy atom. The van der Waals surface area contributed by atoms with Crippen molar-refractivity contribution in [2.75, 3.05) is 26.2 Å². The fourth-order valence-corrected chi connectivity index (χ4v) is 3.30. The molecule has 1 fully saturated rings. The molecule has 0 aliphatic carbocycles. The number of amides is 1. The van der Waals surface area contributed by atoms with Crippen molar-refractivity contribution in [1.82, 2.24) is 15.0 Å². The van der Waals surface area contributed by atoms with Gasteiger partial charge in [0.25, 0.3) is 5.91 Å². The van der Waals surface area contributed by atoms with Crippen LogP contribution < -0.4 is 0 Å². The van der Waals surface area contributed by atoms with Crippen molar-refractivity contribution in [2.24, 2.45) is 5.92 Å². The quantitative estimate of drug-likeness (QED) is 0.801. The fraction of sp³-hybridized carbons (Fsp3) is 0.722. The maximum atomic E-state index is 12.6. The molecule has 132 valence electrons. The van der Waals surface area contributed by atoms with Gasteiger partial charge in [0.2, 0.25) is 5.76 Å². The van der Waals surface area contributed by atoms with Gasteiger partial charge in [0.15, 0.2) is 0 Å². The number of nitriles is 1. The first kappa shape index (κ1) is 18.5. The summed E-state index contributed by atoms with van der Waals surface area (Å²) >= 11 is 0. The molecule has 1 atom stereocenters. The van der Waals surface area contributed by atoms with E-state index in [1.54, 1.807) is 11.0 Å². The van der Waals surface area contributed by atoms with E-state index in [0.717, 1.165) is 31.6 Å². The van der Waals surface area contributed by atoms with E-state index in [1.807, 2.05) is 0 Å². The molecule has 1 aliphatic rings. The van der Waals surface area contributed by atoms with Gasteiger partial charge >= 0.3 is 0 Å². The summed E-state index contributed by atoms with van der Waals surface area (Å²) in [6.45, 7) is 11.0. The molecule has 0 unspecified atom stereocenters. The molecule has 1 aromatic rings. The Labute approximate surface area is 144 Å². The molecule has 2 heterocycles. The van der Waals surface area contributed by atoms with Gasteiger partial charge in [0, 0.05) is 38.2 Å². The third-order valence-corrected chi connectivity index (χ3v) is 4.90. The van der Waals surface area contributed by atoms with E-state index < -0.39 is 0 Å². The van der Waals surface area contributed by atoms with Gasteiger partial charge in [-0.2, -0.15) is 5.26 Å². The number of carbonyl (C=O) groups excluding carboxylic acids is 1. The van der Waals surface area contributed by atoms with Crippen LogP contribution in [0.5, 0.6) is 0 Å². The summed E-state index contributed by atoms with van der Waals surface area (Å²) in [4.78, 5) is 16.6. The van der Waals surface area contributed by atoms with Crippen LogP contribution in [-0.4, -0.2) is 53.1 Å². The van der Waals surface area contributed by atoms with Gasteiger partial charge < -0.3 is 9.42 Å². The largest absolute Gasteiger partial charge is 0.351 e. The molecule has 1 aliphatic heterocycles. The van der Waals surface area contributed by atoms with E-state index in [0.29, 0.717) is 24.8 Å². The number of hydrogen-bond donors (Lipinski definition) is 0. The second-order valence-corrected chi connectivity index (χ2v) is 6.78. The van der Waals surface area contributed by atoms with E-state index >= 15 is 0 Å². The summed E-state index contributed by atoms with van der Waals surface area (Å²) in [6, 6.07) is 4.07. The van der Waals surface area contributed by atoms with E-state index in [4.69, 9.17) is 4.52 Å². The van der Waals surface area contributed by atoms with Crippen LogP contribution in [0.2, 0.25) is 0 Å². The molecule has 1 saturated heterocycles. The predicted molar refractivity (Wildman–Crippen MR) is 91.5 cm³/mol.